The zero-order valence-electron chi connectivity index (χ0n) is 30.1. The van der Waals surface area contributed by atoms with Crippen LogP contribution in [0, 0.1) is 5.92 Å². The number of carbonyl (C=O) groups excluding carboxylic acids is 2. The van der Waals surface area contributed by atoms with Crippen LogP contribution in [0.2, 0.25) is 0 Å². The Morgan fingerprint density at radius 1 is 1.08 bits per heavy atom. The number of hydrogen-bond acceptors (Lipinski definition) is 8. The highest BCUT2D eigenvalue weighted by molar-refractivity contribution is 5.90. The van der Waals surface area contributed by atoms with Crippen LogP contribution in [-0.2, 0) is 24.3 Å². The summed E-state index contributed by atoms with van der Waals surface area (Å²) >= 11 is 0. The fourth-order valence-electron chi connectivity index (χ4n) is 7.05. The summed E-state index contributed by atoms with van der Waals surface area (Å²) in [6, 6.07) is 17.2. The maximum absolute atomic E-state index is 14.2. The largest absolute Gasteiger partial charge is 0.497 e. The van der Waals surface area contributed by atoms with Gasteiger partial charge in [-0.2, -0.15) is 0 Å². The highest BCUT2D eigenvalue weighted by Gasteiger charge is 2.32. The first-order chi connectivity index (χ1) is 24.7. The minimum atomic E-state index is -0.224. The average molecular weight is 695 g/mol. The van der Waals surface area contributed by atoms with E-state index in [0.717, 1.165) is 60.4 Å². The Hall–Kier alpha value is -4.97. The van der Waals surface area contributed by atoms with Crippen LogP contribution in [0.5, 0.6) is 11.5 Å². The van der Waals surface area contributed by atoms with Crippen molar-refractivity contribution in [2.24, 2.45) is 5.92 Å². The molecular weight excluding hydrogens is 644 g/mol. The minimum absolute atomic E-state index is 0.00641. The van der Waals surface area contributed by atoms with Crippen LogP contribution in [0.1, 0.15) is 57.1 Å². The third-order valence-corrected chi connectivity index (χ3v) is 9.92. The quantitative estimate of drug-likeness (QED) is 0.202. The van der Waals surface area contributed by atoms with Gasteiger partial charge in [0.05, 0.1) is 26.3 Å². The van der Waals surface area contributed by atoms with Gasteiger partial charge in [-0.1, -0.05) is 31.4 Å². The third kappa shape index (κ3) is 9.63. The topological polar surface area (TPSA) is 127 Å². The van der Waals surface area contributed by atoms with Crippen molar-refractivity contribution in [1.29, 1.82) is 0 Å². The number of nitrogens with one attached hydrogen (secondary N) is 2. The van der Waals surface area contributed by atoms with Gasteiger partial charge in [-0.05, 0) is 87.0 Å². The van der Waals surface area contributed by atoms with E-state index in [4.69, 9.17) is 9.47 Å². The van der Waals surface area contributed by atoms with Gasteiger partial charge in [-0.25, -0.2) is 9.48 Å². The normalized spacial score (nSPS) is 18.9. The molecule has 12 nitrogen and oxygen atoms in total. The summed E-state index contributed by atoms with van der Waals surface area (Å²) in [5.41, 5.74) is 4.22. The number of carbonyl (C=O) groups is 2. The monoisotopic (exact) mass is 694 g/mol. The molecule has 2 N–H and O–H groups in total. The van der Waals surface area contributed by atoms with Crippen LogP contribution >= 0.6 is 0 Å². The van der Waals surface area contributed by atoms with E-state index in [9.17, 15) is 9.59 Å². The molecule has 270 valence electrons. The van der Waals surface area contributed by atoms with Gasteiger partial charge in [0.25, 0.3) is 0 Å². The standard InChI is InChI=1S/C39H50N8O4/c1-27-22-47(28(2)23-46-25-35(43-44-46)30-10-13-34(50-4)14-11-30)38(48)21-31-20-33(42-39(49)41-32-8-6-5-7-9-32)12-15-36(31)51-37(27)26-45(3)24-29-16-18-40-19-17-29/h10-20,25,27-28,32,37H,5-9,21-24,26H2,1-4H3,(H2,41,42,49)/t27?,28-,37-/m0/s1. The maximum atomic E-state index is 14.2. The number of amides is 3. The number of likely N-dealkylation sites (N-methyl/N-ethyl adjacent to an activating group) is 1. The summed E-state index contributed by atoms with van der Waals surface area (Å²) < 4.78 is 13.9. The van der Waals surface area contributed by atoms with Crippen molar-refractivity contribution >= 4 is 17.6 Å². The smallest absolute Gasteiger partial charge is 0.319 e. The lowest BCUT2D eigenvalue weighted by Gasteiger charge is -2.34. The number of urea groups is 1. The van der Waals surface area contributed by atoms with Gasteiger partial charge in [-0.3, -0.25) is 14.7 Å². The van der Waals surface area contributed by atoms with Crippen molar-refractivity contribution in [3.05, 3.63) is 84.3 Å². The molecule has 3 amide bonds. The van der Waals surface area contributed by atoms with Crippen LogP contribution in [-0.4, -0.2) is 87.2 Å². The van der Waals surface area contributed by atoms with E-state index in [1.54, 1.807) is 24.2 Å². The number of ether oxygens (including phenoxy) is 2. The van der Waals surface area contributed by atoms with Crippen molar-refractivity contribution in [1.82, 2.24) is 35.1 Å². The molecule has 51 heavy (non-hydrogen) atoms. The van der Waals surface area contributed by atoms with E-state index in [1.807, 2.05) is 65.7 Å². The number of aromatic nitrogens is 4. The van der Waals surface area contributed by atoms with E-state index in [2.05, 4.69) is 51.7 Å². The summed E-state index contributed by atoms with van der Waals surface area (Å²) in [4.78, 5) is 35.5. The molecule has 0 bridgehead atoms. The van der Waals surface area contributed by atoms with Crippen LogP contribution in [0.15, 0.2) is 73.2 Å². The first-order valence-corrected chi connectivity index (χ1v) is 18.0. The van der Waals surface area contributed by atoms with Gasteiger partial charge in [0.1, 0.15) is 23.3 Å². The number of hydrogen-bond donors (Lipinski definition) is 2. The van der Waals surface area contributed by atoms with Crippen molar-refractivity contribution in [2.75, 3.05) is 32.6 Å². The highest BCUT2D eigenvalue weighted by atomic mass is 16.5. The van der Waals surface area contributed by atoms with E-state index in [-0.39, 0.29) is 42.5 Å². The molecule has 12 heteroatoms. The number of fused-ring (bicyclic) bond motifs is 1. The SMILES string of the molecule is COc1ccc(-c2cn(C[C@H](C)N3CC(C)[C@H](CN(C)Cc4ccncc4)Oc4ccc(NC(=O)NC5CCCCC5)cc4CC3=O)nn2)cc1. The van der Waals surface area contributed by atoms with Gasteiger partial charge in [0, 0.05) is 66.8 Å². The third-order valence-electron chi connectivity index (χ3n) is 9.92. The molecule has 0 spiro atoms. The Kier molecular flexibility index (Phi) is 11.8. The molecule has 1 saturated carbocycles. The van der Waals surface area contributed by atoms with E-state index in [1.165, 1.54) is 6.42 Å². The molecule has 1 fully saturated rings. The fraction of sp³-hybridized carbons (Fsp3) is 0.462. The van der Waals surface area contributed by atoms with Gasteiger partial charge in [0.2, 0.25) is 5.91 Å². The molecule has 1 aliphatic heterocycles. The Labute approximate surface area is 300 Å². The number of nitrogens with zero attached hydrogens (tertiary/aromatic N) is 6. The van der Waals surface area contributed by atoms with E-state index < -0.39 is 0 Å². The van der Waals surface area contributed by atoms with Crippen molar-refractivity contribution in [2.45, 2.75) is 83.6 Å². The fourth-order valence-corrected chi connectivity index (χ4v) is 7.05. The molecule has 3 atom stereocenters. The number of pyridine rings is 1. The molecule has 1 aliphatic carbocycles. The van der Waals surface area contributed by atoms with Crippen molar-refractivity contribution in [3.63, 3.8) is 0 Å². The maximum Gasteiger partial charge on any atom is 0.319 e. The molecule has 0 radical (unpaired) electrons. The Balaban J connectivity index is 1.21. The molecule has 2 aromatic carbocycles. The number of rotatable bonds is 11. The number of methoxy groups -OCH3 is 1. The molecule has 2 aliphatic rings. The van der Waals surface area contributed by atoms with E-state index >= 15 is 0 Å². The predicted octanol–water partition coefficient (Wildman–Crippen LogP) is 5.79. The van der Waals surface area contributed by atoms with Gasteiger partial charge < -0.3 is 25.0 Å². The second-order valence-electron chi connectivity index (χ2n) is 14.1. The molecule has 6 rings (SSSR count). The summed E-state index contributed by atoms with van der Waals surface area (Å²) in [7, 11) is 3.72. The van der Waals surface area contributed by atoms with Crippen LogP contribution in [0.25, 0.3) is 11.3 Å². The highest BCUT2D eigenvalue weighted by Crippen LogP contribution is 2.30. The lowest BCUT2D eigenvalue weighted by molar-refractivity contribution is -0.133. The van der Waals surface area contributed by atoms with Crippen LogP contribution in [0.3, 0.4) is 0 Å². The molecule has 1 unspecified atom stereocenters. The lowest BCUT2D eigenvalue weighted by atomic mass is 9.96. The second kappa shape index (κ2) is 16.8. The van der Waals surface area contributed by atoms with Crippen molar-refractivity contribution in [3.8, 4) is 22.8 Å². The number of benzene rings is 2. The zero-order chi connectivity index (χ0) is 35.7. The molecule has 0 saturated heterocycles. The number of anilines is 1. The zero-order valence-corrected chi connectivity index (χ0v) is 30.1. The molecular formula is C39H50N8O4. The van der Waals surface area contributed by atoms with Gasteiger partial charge in [-0.15, -0.1) is 5.10 Å². The molecule has 2 aromatic heterocycles. The summed E-state index contributed by atoms with van der Waals surface area (Å²) in [6.45, 7) is 6.57. The first-order valence-electron chi connectivity index (χ1n) is 18.0. The van der Waals surface area contributed by atoms with E-state index in [0.29, 0.717) is 31.1 Å². The molecule has 3 heterocycles. The van der Waals surface area contributed by atoms with Crippen molar-refractivity contribution < 1.29 is 19.1 Å². The summed E-state index contributed by atoms with van der Waals surface area (Å²) in [5, 5.41) is 14.9. The Morgan fingerprint density at radius 2 is 1.84 bits per heavy atom. The second-order valence-corrected chi connectivity index (χ2v) is 14.1. The Morgan fingerprint density at radius 3 is 2.59 bits per heavy atom. The van der Waals surface area contributed by atoms with Crippen LogP contribution in [0.4, 0.5) is 10.5 Å². The summed E-state index contributed by atoms with van der Waals surface area (Å²) in [6.07, 6.45) is 10.9. The predicted molar refractivity (Wildman–Crippen MR) is 197 cm³/mol. The lowest BCUT2D eigenvalue weighted by Crippen LogP contribution is -2.47. The van der Waals surface area contributed by atoms with Crippen LogP contribution < -0.4 is 20.1 Å². The average Bonchev–Trinajstić information content (AvgIpc) is 3.61. The molecule has 4 aromatic rings. The first kappa shape index (κ1) is 35.8. The van der Waals surface area contributed by atoms with Gasteiger partial charge >= 0.3 is 6.03 Å². The minimum Gasteiger partial charge on any atom is -0.497 e. The Bertz CT molecular complexity index is 1740. The van der Waals surface area contributed by atoms with Gasteiger partial charge in [0.15, 0.2) is 0 Å². The summed E-state index contributed by atoms with van der Waals surface area (Å²) in [5.74, 6) is 1.43.